The average molecular weight is 311 g/mol. The number of nitrogens with zero attached hydrogens (tertiary/aromatic N) is 1. The molecule has 5 heteroatoms. The number of aliphatic hydroxyl groups is 3. The van der Waals surface area contributed by atoms with Crippen molar-refractivity contribution >= 4 is 0 Å². The van der Waals surface area contributed by atoms with E-state index in [-0.39, 0.29) is 19.8 Å². The SMILES string of the molecule is CC[C@H](C)c1ccccc1OC[C@H](O)CN(CCO)CCO. The molecular weight excluding hydrogens is 282 g/mol. The first-order valence-corrected chi connectivity index (χ1v) is 7.96. The number of ether oxygens (including phenoxy) is 1. The third-order valence-electron chi connectivity index (χ3n) is 3.79. The van der Waals surface area contributed by atoms with Gasteiger partial charge in [-0.15, -0.1) is 0 Å². The van der Waals surface area contributed by atoms with Crippen molar-refractivity contribution in [3.8, 4) is 5.75 Å². The van der Waals surface area contributed by atoms with Gasteiger partial charge in [-0.25, -0.2) is 0 Å². The summed E-state index contributed by atoms with van der Waals surface area (Å²) in [5.41, 5.74) is 1.15. The maximum atomic E-state index is 10.1. The number of benzene rings is 1. The first kappa shape index (κ1) is 18.9. The Morgan fingerprint density at radius 3 is 2.36 bits per heavy atom. The van der Waals surface area contributed by atoms with Crippen molar-refractivity contribution in [1.82, 2.24) is 4.90 Å². The number of hydrogen-bond donors (Lipinski definition) is 3. The van der Waals surface area contributed by atoms with Crippen LogP contribution in [0, 0.1) is 0 Å². The molecule has 0 saturated heterocycles. The molecule has 22 heavy (non-hydrogen) atoms. The molecule has 0 fully saturated rings. The van der Waals surface area contributed by atoms with Gasteiger partial charge in [0.1, 0.15) is 18.5 Å². The summed E-state index contributed by atoms with van der Waals surface area (Å²) in [5.74, 6) is 1.22. The monoisotopic (exact) mass is 311 g/mol. The molecular formula is C17H29NO4. The van der Waals surface area contributed by atoms with Gasteiger partial charge in [-0.05, 0) is 24.0 Å². The Bertz CT molecular complexity index is 407. The van der Waals surface area contributed by atoms with Gasteiger partial charge in [0.05, 0.1) is 13.2 Å². The van der Waals surface area contributed by atoms with E-state index in [4.69, 9.17) is 14.9 Å². The second kappa shape index (κ2) is 10.6. The molecule has 0 bridgehead atoms. The van der Waals surface area contributed by atoms with Crippen LogP contribution in [0.5, 0.6) is 5.75 Å². The third-order valence-corrected chi connectivity index (χ3v) is 3.79. The van der Waals surface area contributed by atoms with Gasteiger partial charge in [0.15, 0.2) is 0 Å². The highest BCUT2D eigenvalue weighted by Crippen LogP contribution is 2.28. The van der Waals surface area contributed by atoms with Gasteiger partial charge >= 0.3 is 0 Å². The van der Waals surface area contributed by atoms with E-state index >= 15 is 0 Å². The molecule has 0 aliphatic carbocycles. The molecule has 0 heterocycles. The van der Waals surface area contributed by atoms with E-state index in [1.54, 1.807) is 0 Å². The van der Waals surface area contributed by atoms with Crippen molar-refractivity contribution < 1.29 is 20.1 Å². The molecule has 0 aromatic heterocycles. The summed E-state index contributed by atoms with van der Waals surface area (Å²) in [6, 6.07) is 7.90. The van der Waals surface area contributed by atoms with E-state index in [1.807, 2.05) is 23.1 Å². The summed E-state index contributed by atoms with van der Waals surface area (Å²) in [6.45, 7) is 5.73. The third kappa shape index (κ3) is 6.32. The standard InChI is InChI=1S/C17H29NO4/c1-3-14(2)16-6-4-5-7-17(16)22-13-15(21)12-18(8-10-19)9-11-20/h4-7,14-15,19-21H,3,8-13H2,1-2H3/t14-,15+/m0/s1. The lowest BCUT2D eigenvalue weighted by molar-refractivity contribution is 0.0549. The Kier molecular flexibility index (Phi) is 9.08. The summed E-state index contributed by atoms with van der Waals surface area (Å²) >= 11 is 0. The van der Waals surface area contributed by atoms with Crippen LogP contribution >= 0.6 is 0 Å². The Labute approximate surface area is 133 Å². The minimum atomic E-state index is -0.664. The highest BCUT2D eigenvalue weighted by Gasteiger charge is 2.14. The van der Waals surface area contributed by atoms with Crippen LogP contribution in [-0.4, -0.2) is 65.8 Å². The zero-order valence-corrected chi connectivity index (χ0v) is 13.6. The van der Waals surface area contributed by atoms with Gasteiger partial charge in [0.2, 0.25) is 0 Å². The summed E-state index contributed by atoms with van der Waals surface area (Å²) in [5, 5.41) is 28.0. The number of rotatable bonds is 11. The molecule has 2 atom stereocenters. The Morgan fingerprint density at radius 2 is 1.77 bits per heavy atom. The summed E-state index contributed by atoms with van der Waals surface area (Å²) in [6.07, 6.45) is 0.368. The zero-order chi connectivity index (χ0) is 16.4. The molecule has 1 rings (SSSR count). The number of para-hydroxylation sites is 1. The first-order valence-electron chi connectivity index (χ1n) is 7.96. The molecule has 3 N–H and O–H groups in total. The van der Waals surface area contributed by atoms with Gasteiger partial charge in [0, 0.05) is 19.6 Å². The second-order valence-electron chi connectivity index (χ2n) is 5.56. The molecule has 0 aliphatic heterocycles. The molecule has 0 unspecified atom stereocenters. The molecule has 1 aromatic carbocycles. The summed E-state index contributed by atoms with van der Waals surface area (Å²) in [4.78, 5) is 1.81. The van der Waals surface area contributed by atoms with Crippen molar-refractivity contribution in [3.63, 3.8) is 0 Å². The van der Waals surface area contributed by atoms with Crippen LogP contribution in [-0.2, 0) is 0 Å². The van der Waals surface area contributed by atoms with Crippen molar-refractivity contribution in [3.05, 3.63) is 29.8 Å². The van der Waals surface area contributed by atoms with Crippen LogP contribution in [0.4, 0.5) is 0 Å². The molecule has 0 saturated carbocycles. The summed E-state index contributed by atoms with van der Waals surface area (Å²) in [7, 11) is 0. The Morgan fingerprint density at radius 1 is 1.14 bits per heavy atom. The van der Waals surface area contributed by atoms with Crippen LogP contribution in [0.25, 0.3) is 0 Å². The van der Waals surface area contributed by atoms with E-state index in [1.165, 1.54) is 0 Å². The average Bonchev–Trinajstić information content (AvgIpc) is 2.53. The zero-order valence-electron chi connectivity index (χ0n) is 13.6. The fourth-order valence-corrected chi connectivity index (χ4v) is 2.35. The molecule has 1 aromatic rings. The predicted molar refractivity (Wildman–Crippen MR) is 87.3 cm³/mol. The molecule has 0 spiro atoms. The number of hydrogen-bond acceptors (Lipinski definition) is 5. The maximum Gasteiger partial charge on any atom is 0.122 e. The lowest BCUT2D eigenvalue weighted by Gasteiger charge is -2.24. The Hall–Kier alpha value is -1.14. The molecule has 0 amide bonds. The first-order chi connectivity index (χ1) is 10.6. The second-order valence-corrected chi connectivity index (χ2v) is 5.56. The van der Waals surface area contributed by atoms with Crippen LogP contribution in [0.2, 0.25) is 0 Å². The highest BCUT2D eigenvalue weighted by molar-refractivity contribution is 5.35. The van der Waals surface area contributed by atoms with Crippen LogP contribution in [0.1, 0.15) is 31.7 Å². The fraction of sp³-hybridized carbons (Fsp3) is 0.647. The van der Waals surface area contributed by atoms with Gasteiger partial charge in [0.25, 0.3) is 0 Å². The minimum absolute atomic E-state index is 0.00439. The van der Waals surface area contributed by atoms with Gasteiger partial charge < -0.3 is 20.1 Å². The molecule has 5 nitrogen and oxygen atoms in total. The van der Waals surface area contributed by atoms with E-state index in [2.05, 4.69) is 19.9 Å². The van der Waals surface area contributed by atoms with E-state index in [0.29, 0.717) is 25.6 Å². The van der Waals surface area contributed by atoms with Gasteiger partial charge in [-0.3, -0.25) is 4.90 Å². The summed E-state index contributed by atoms with van der Waals surface area (Å²) < 4.78 is 5.78. The molecule has 0 aliphatic rings. The van der Waals surface area contributed by atoms with Crippen molar-refractivity contribution in [1.29, 1.82) is 0 Å². The van der Waals surface area contributed by atoms with E-state index < -0.39 is 6.10 Å². The van der Waals surface area contributed by atoms with Crippen LogP contribution in [0.3, 0.4) is 0 Å². The lowest BCUT2D eigenvalue weighted by atomic mass is 9.98. The van der Waals surface area contributed by atoms with Crippen molar-refractivity contribution in [2.75, 3.05) is 39.5 Å². The van der Waals surface area contributed by atoms with Crippen LogP contribution in [0.15, 0.2) is 24.3 Å². The van der Waals surface area contributed by atoms with Gasteiger partial charge in [-0.2, -0.15) is 0 Å². The maximum absolute atomic E-state index is 10.1. The quantitative estimate of drug-likeness (QED) is 0.573. The largest absolute Gasteiger partial charge is 0.491 e. The smallest absolute Gasteiger partial charge is 0.122 e. The van der Waals surface area contributed by atoms with Crippen molar-refractivity contribution in [2.45, 2.75) is 32.3 Å². The van der Waals surface area contributed by atoms with Crippen molar-refractivity contribution in [2.24, 2.45) is 0 Å². The van der Waals surface area contributed by atoms with E-state index in [0.717, 1.165) is 17.7 Å². The fourth-order valence-electron chi connectivity index (χ4n) is 2.35. The molecule has 126 valence electrons. The normalized spacial score (nSPS) is 14.1. The van der Waals surface area contributed by atoms with Crippen LogP contribution < -0.4 is 4.74 Å². The topological polar surface area (TPSA) is 73.2 Å². The Balaban J connectivity index is 2.54. The lowest BCUT2D eigenvalue weighted by Crippen LogP contribution is -2.38. The predicted octanol–water partition coefficient (Wildman–Crippen LogP) is 1.23. The van der Waals surface area contributed by atoms with E-state index in [9.17, 15) is 5.11 Å². The highest BCUT2D eigenvalue weighted by atomic mass is 16.5. The van der Waals surface area contributed by atoms with Gasteiger partial charge in [-0.1, -0.05) is 32.0 Å². The molecule has 0 radical (unpaired) electrons. The number of aliphatic hydroxyl groups excluding tert-OH is 3. The minimum Gasteiger partial charge on any atom is -0.491 e.